The van der Waals surface area contributed by atoms with Crippen LogP contribution in [-0.2, 0) is 16.6 Å². The zero-order valence-corrected chi connectivity index (χ0v) is 28.5. The number of H-pyrrole nitrogens is 1. The number of nitrogens with zero attached hydrogens (tertiary/aromatic N) is 2. The Hall–Kier alpha value is -4.29. The summed E-state index contributed by atoms with van der Waals surface area (Å²) in [6.07, 6.45) is 0.212. The number of aromatic hydroxyl groups is 1. The van der Waals surface area contributed by atoms with Gasteiger partial charge in [0.2, 0.25) is 11.8 Å². The number of benzene rings is 3. The molecule has 1 amide bonds. The maximum Gasteiger partial charge on any atom is 0.250 e. The number of amides is 1. The van der Waals surface area contributed by atoms with Crippen molar-refractivity contribution < 1.29 is 23.5 Å². The summed E-state index contributed by atoms with van der Waals surface area (Å²) in [5.41, 5.74) is 10.3. The minimum Gasteiger partial charge on any atom is -0.506 e. The Labute approximate surface area is 291 Å². The van der Waals surface area contributed by atoms with Gasteiger partial charge in [0.25, 0.3) is 5.89 Å². The van der Waals surface area contributed by atoms with E-state index in [1.165, 1.54) is 0 Å². The van der Waals surface area contributed by atoms with E-state index in [9.17, 15) is 9.90 Å². The smallest absolute Gasteiger partial charge is 0.250 e. The molecule has 9 rings (SSSR count). The molecule has 3 aliphatic heterocycles. The molecule has 0 radical (unpaired) electrons. The van der Waals surface area contributed by atoms with Gasteiger partial charge < -0.3 is 34.7 Å². The molecule has 10 bridgehead atoms. The number of halogens is 3. The highest BCUT2D eigenvalue weighted by molar-refractivity contribution is 9.10. The number of rotatable bonds is 1. The van der Waals surface area contributed by atoms with Crippen LogP contribution in [0.15, 0.2) is 61.8 Å². The van der Waals surface area contributed by atoms with Crippen LogP contribution in [0.25, 0.3) is 44.9 Å². The average molecular weight is 747 g/mol. The third-order valence-corrected chi connectivity index (χ3v) is 10.8. The highest BCUT2D eigenvalue weighted by atomic mass is 79.9. The number of aromatic nitrogens is 3. The first-order valence-electron chi connectivity index (χ1n) is 15.4. The number of aromatic amines is 1. The van der Waals surface area contributed by atoms with Gasteiger partial charge in [-0.25, -0.2) is 4.98 Å². The highest BCUT2D eigenvalue weighted by Crippen LogP contribution is 2.58. The second kappa shape index (κ2) is 10.4. The van der Waals surface area contributed by atoms with Gasteiger partial charge in [-0.05, 0) is 51.5 Å². The molecule has 0 fully saturated rings. The topological polar surface area (TPSA) is 152 Å². The Bertz CT molecular complexity index is 2360. The van der Waals surface area contributed by atoms with Gasteiger partial charge in [-0.3, -0.25) is 4.79 Å². The lowest BCUT2D eigenvalue weighted by Gasteiger charge is -2.30. The number of oxazole rings is 2. The van der Waals surface area contributed by atoms with Gasteiger partial charge in [0.1, 0.15) is 34.7 Å². The van der Waals surface area contributed by atoms with Crippen LogP contribution in [0.4, 0.5) is 0 Å². The van der Waals surface area contributed by atoms with Crippen molar-refractivity contribution in [3.05, 3.63) is 91.7 Å². The van der Waals surface area contributed by atoms with Crippen LogP contribution in [0, 0.1) is 5.92 Å². The summed E-state index contributed by atoms with van der Waals surface area (Å²) in [5.74, 6) is 0.901. The standard InChI is InChI=1S/C35H26BrCl2N5O5/c1-13(2)24-33-42-25-29(48-33)35(18-9-14(10-19(36)26(18)44)11-20(39)32(45)41-24)12-46-27-16(6-3-7-17(27)35)15-5-4-8-21-22(15)23(30(37)40-21)28-31(38)43-34(25)47-28/h3-10,13,20,24,40,44H,11-12,39H2,1-2H3,(H,41,45). The normalized spacial score (nSPS) is 20.9. The number of nitrogens with one attached hydrogen (secondary N) is 2. The third kappa shape index (κ3) is 3.98. The molecule has 0 saturated heterocycles. The molecule has 3 aromatic carbocycles. The summed E-state index contributed by atoms with van der Waals surface area (Å²) in [4.78, 5) is 26.4. The predicted molar refractivity (Wildman–Crippen MR) is 183 cm³/mol. The van der Waals surface area contributed by atoms with Crippen LogP contribution < -0.4 is 15.8 Å². The fourth-order valence-corrected chi connectivity index (χ4v) is 8.37. The zero-order chi connectivity index (χ0) is 33.2. The van der Waals surface area contributed by atoms with Gasteiger partial charge in [0.15, 0.2) is 22.4 Å². The quantitative estimate of drug-likeness (QED) is 0.134. The molecule has 1 spiro atoms. The minimum absolute atomic E-state index is 0.0278. The van der Waals surface area contributed by atoms with Gasteiger partial charge >= 0.3 is 0 Å². The lowest BCUT2D eigenvalue weighted by atomic mass is 9.71. The molecular weight excluding hydrogens is 721 g/mol. The second-order valence-corrected chi connectivity index (χ2v) is 14.4. The maximum absolute atomic E-state index is 13.5. The summed E-state index contributed by atoms with van der Waals surface area (Å²) in [6.45, 7) is 3.94. The Morgan fingerprint density at radius 1 is 1.08 bits per heavy atom. The Morgan fingerprint density at radius 3 is 2.69 bits per heavy atom. The summed E-state index contributed by atoms with van der Waals surface area (Å²) in [6, 6.07) is 13.8. The maximum atomic E-state index is 13.5. The molecule has 0 saturated carbocycles. The van der Waals surface area contributed by atoms with E-state index in [1.54, 1.807) is 6.07 Å². The fourth-order valence-electron chi connectivity index (χ4n) is 7.37. The van der Waals surface area contributed by atoms with Crippen molar-refractivity contribution in [2.75, 3.05) is 6.61 Å². The van der Waals surface area contributed by atoms with E-state index >= 15 is 0 Å². The molecule has 242 valence electrons. The molecule has 3 atom stereocenters. The molecule has 3 aromatic heterocycles. The fraction of sp³-hybridized carbons (Fsp3) is 0.229. The number of nitrogens with two attached hydrogens (primary N) is 1. The first-order valence-corrected chi connectivity index (χ1v) is 16.9. The lowest BCUT2D eigenvalue weighted by Crippen LogP contribution is -2.45. The van der Waals surface area contributed by atoms with Crippen LogP contribution in [0.1, 0.15) is 48.2 Å². The lowest BCUT2D eigenvalue weighted by molar-refractivity contribution is -0.123. The molecule has 10 nitrogen and oxygen atoms in total. The van der Waals surface area contributed by atoms with Gasteiger partial charge in [0, 0.05) is 27.6 Å². The molecule has 6 aromatic rings. The van der Waals surface area contributed by atoms with E-state index in [1.807, 2.05) is 56.3 Å². The van der Waals surface area contributed by atoms with Crippen LogP contribution in [-0.4, -0.2) is 38.6 Å². The molecule has 0 aliphatic carbocycles. The number of ether oxygens (including phenoxy) is 1. The van der Waals surface area contributed by atoms with Gasteiger partial charge in [-0.1, -0.05) is 73.4 Å². The Balaban J connectivity index is 1.49. The highest BCUT2D eigenvalue weighted by Gasteiger charge is 2.53. The number of fused-ring (bicyclic) bond motifs is 8. The molecule has 6 heterocycles. The summed E-state index contributed by atoms with van der Waals surface area (Å²) < 4.78 is 20.5. The summed E-state index contributed by atoms with van der Waals surface area (Å²) in [7, 11) is 0. The van der Waals surface area contributed by atoms with E-state index in [2.05, 4.69) is 31.2 Å². The minimum atomic E-state index is -1.27. The van der Waals surface area contributed by atoms with Crippen molar-refractivity contribution in [3.8, 4) is 45.5 Å². The predicted octanol–water partition coefficient (Wildman–Crippen LogP) is 7.66. The van der Waals surface area contributed by atoms with Crippen molar-refractivity contribution in [2.45, 2.75) is 37.8 Å². The molecule has 3 aliphatic rings. The summed E-state index contributed by atoms with van der Waals surface area (Å²) in [5, 5.41) is 16.1. The van der Waals surface area contributed by atoms with E-state index in [0.717, 1.165) is 33.2 Å². The van der Waals surface area contributed by atoms with Crippen LogP contribution in [0.3, 0.4) is 0 Å². The summed E-state index contributed by atoms with van der Waals surface area (Å²) >= 11 is 17.3. The first kappa shape index (κ1) is 29.8. The Kier molecular flexibility index (Phi) is 6.43. The van der Waals surface area contributed by atoms with E-state index in [-0.39, 0.29) is 59.0 Å². The van der Waals surface area contributed by atoms with Crippen LogP contribution in [0.5, 0.6) is 11.5 Å². The van der Waals surface area contributed by atoms with Gasteiger partial charge in [-0.15, -0.1) is 0 Å². The second-order valence-electron chi connectivity index (χ2n) is 12.8. The monoisotopic (exact) mass is 745 g/mol. The molecular formula is C35H26BrCl2N5O5. The number of hydrogen-bond acceptors (Lipinski definition) is 8. The average Bonchev–Trinajstić information content (AvgIpc) is 3.83. The van der Waals surface area contributed by atoms with Crippen molar-refractivity contribution >= 4 is 55.9 Å². The van der Waals surface area contributed by atoms with Crippen molar-refractivity contribution in [1.29, 1.82) is 0 Å². The third-order valence-electron chi connectivity index (χ3n) is 9.63. The zero-order valence-electron chi connectivity index (χ0n) is 25.5. The van der Waals surface area contributed by atoms with Crippen molar-refractivity contribution in [1.82, 2.24) is 20.3 Å². The number of para-hydroxylation sites is 1. The number of hydrogen-bond donors (Lipinski definition) is 4. The van der Waals surface area contributed by atoms with Gasteiger partial charge in [-0.2, -0.15) is 4.98 Å². The molecule has 5 N–H and O–H groups in total. The number of phenols is 1. The van der Waals surface area contributed by atoms with Gasteiger partial charge in [0.05, 0.1) is 16.1 Å². The molecule has 13 heteroatoms. The van der Waals surface area contributed by atoms with Crippen molar-refractivity contribution in [3.63, 3.8) is 0 Å². The van der Waals surface area contributed by atoms with E-state index in [0.29, 0.717) is 32.3 Å². The Morgan fingerprint density at radius 2 is 1.88 bits per heavy atom. The SMILES string of the molecule is CC(C)C1NC(=O)C(N)Cc2cc(Br)c(O)c(c2)C23COc4c(cccc42)-c2cccc4[nH]c(Cl)c(c24)-c2oc(nc2Cl)-c2nc1oc23. The number of carbonyl (C=O) groups is 1. The first-order chi connectivity index (χ1) is 23.1. The van der Waals surface area contributed by atoms with E-state index in [4.69, 9.17) is 47.5 Å². The van der Waals surface area contributed by atoms with Crippen LogP contribution in [0.2, 0.25) is 10.3 Å². The van der Waals surface area contributed by atoms with E-state index < -0.39 is 17.5 Å². The number of phenolic OH excluding ortho intramolecular Hbond substituents is 1. The molecule has 3 unspecified atom stereocenters. The molecule has 48 heavy (non-hydrogen) atoms. The largest absolute Gasteiger partial charge is 0.506 e. The van der Waals surface area contributed by atoms with Crippen molar-refractivity contribution in [2.24, 2.45) is 11.7 Å². The van der Waals surface area contributed by atoms with Crippen LogP contribution >= 0.6 is 39.1 Å². The number of carbonyl (C=O) groups excluding carboxylic acids is 1.